The minimum absolute atomic E-state index is 0.137. The van der Waals surface area contributed by atoms with E-state index in [-0.39, 0.29) is 11.4 Å². The zero-order chi connectivity index (χ0) is 15.6. The summed E-state index contributed by atoms with van der Waals surface area (Å²) in [5.74, 6) is -1.03. The molecule has 0 saturated carbocycles. The first kappa shape index (κ1) is 17.9. The fraction of sp³-hybridized carbons (Fsp3) is 0.857. The quantitative estimate of drug-likeness (QED) is 0.712. The third kappa shape index (κ3) is 4.82. The Labute approximate surface area is 116 Å². The summed E-state index contributed by atoms with van der Waals surface area (Å²) >= 11 is 0. The van der Waals surface area contributed by atoms with E-state index in [1.807, 2.05) is 20.8 Å². The molecule has 0 fully saturated rings. The van der Waals surface area contributed by atoms with Crippen molar-refractivity contribution in [2.45, 2.75) is 72.5 Å². The molecule has 1 atom stereocenters. The third-order valence-corrected chi connectivity index (χ3v) is 3.57. The second-order valence-electron chi connectivity index (χ2n) is 7.16. The number of rotatable bonds is 5. The van der Waals surface area contributed by atoms with Crippen molar-refractivity contribution in [1.82, 2.24) is 10.6 Å². The summed E-state index contributed by atoms with van der Waals surface area (Å²) in [7, 11) is 0. The first-order valence-corrected chi connectivity index (χ1v) is 6.54. The van der Waals surface area contributed by atoms with Gasteiger partial charge in [0.05, 0.1) is 11.5 Å². The van der Waals surface area contributed by atoms with Crippen LogP contribution in [0.5, 0.6) is 0 Å². The molecule has 0 aliphatic rings. The molecule has 1 amide bonds. The molecule has 0 aromatic heterocycles. The Morgan fingerprint density at radius 2 is 1.42 bits per heavy atom. The Bertz CT molecular complexity index is 354. The number of hydrogen-bond donors (Lipinski definition) is 3. The monoisotopic (exact) mass is 272 g/mol. The van der Waals surface area contributed by atoms with Crippen molar-refractivity contribution in [3.63, 3.8) is 0 Å². The molecule has 0 radical (unpaired) electrons. The average molecular weight is 272 g/mol. The molecule has 1 unspecified atom stereocenters. The minimum atomic E-state index is -0.983. The van der Waals surface area contributed by atoms with Gasteiger partial charge in [-0.05, 0) is 55.4 Å². The normalized spacial score (nSPS) is 14.9. The van der Waals surface area contributed by atoms with Gasteiger partial charge in [0.25, 0.3) is 0 Å². The lowest BCUT2D eigenvalue weighted by Crippen LogP contribution is -2.61. The highest BCUT2D eigenvalue weighted by Crippen LogP contribution is 2.31. The Hall–Kier alpha value is -1.10. The van der Waals surface area contributed by atoms with Crippen LogP contribution in [0.25, 0.3) is 0 Å². The number of carboxylic acids is 1. The molecule has 3 N–H and O–H groups in total. The van der Waals surface area contributed by atoms with Crippen LogP contribution < -0.4 is 10.6 Å². The number of carboxylic acid groups (broad SMARTS) is 1. The first-order valence-electron chi connectivity index (χ1n) is 6.54. The van der Waals surface area contributed by atoms with Crippen molar-refractivity contribution in [3.05, 3.63) is 0 Å². The molecular weight excluding hydrogens is 244 g/mol. The van der Waals surface area contributed by atoms with E-state index in [0.717, 1.165) is 0 Å². The van der Waals surface area contributed by atoms with Gasteiger partial charge in [-0.2, -0.15) is 0 Å². The van der Waals surface area contributed by atoms with Gasteiger partial charge in [-0.1, -0.05) is 0 Å². The lowest BCUT2D eigenvalue weighted by Gasteiger charge is -2.41. The van der Waals surface area contributed by atoms with Crippen molar-refractivity contribution in [2.75, 3.05) is 0 Å². The highest BCUT2D eigenvalue weighted by atomic mass is 16.4. The van der Waals surface area contributed by atoms with E-state index < -0.39 is 23.0 Å². The van der Waals surface area contributed by atoms with Gasteiger partial charge in [-0.3, -0.25) is 14.9 Å². The van der Waals surface area contributed by atoms with Crippen molar-refractivity contribution in [3.8, 4) is 0 Å². The van der Waals surface area contributed by atoms with E-state index in [1.165, 1.54) is 0 Å². The van der Waals surface area contributed by atoms with E-state index in [2.05, 4.69) is 10.6 Å². The third-order valence-electron chi connectivity index (χ3n) is 3.57. The zero-order valence-corrected chi connectivity index (χ0v) is 13.3. The molecule has 5 heteroatoms. The Morgan fingerprint density at radius 3 is 1.74 bits per heavy atom. The van der Waals surface area contributed by atoms with Gasteiger partial charge < -0.3 is 10.4 Å². The summed E-state index contributed by atoms with van der Waals surface area (Å²) in [5, 5.41) is 15.3. The van der Waals surface area contributed by atoms with E-state index in [0.29, 0.717) is 0 Å². The number of nitrogens with one attached hydrogen (secondary N) is 2. The van der Waals surface area contributed by atoms with Crippen molar-refractivity contribution >= 4 is 11.9 Å². The molecule has 0 spiro atoms. The Kier molecular flexibility index (Phi) is 5.17. The maximum absolute atomic E-state index is 12.0. The smallest absolute Gasteiger partial charge is 0.310 e. The van der Waals surface area contributed by atoms with Crippen molar-refractivity contribution < 1.29 is 14.7 Å². The molecule has 0 aliphatic carbocycles. The fourth-order valence-corrected chi connectivity index (χ4v) is 1.53. The fourth-order valence-electron chi connectivity index (χ4n) is 1.53. The molecule has 0 aromatic carbocycles. The molecule has 0 saturated heterocycles. The van der Waals surface area contributed by atoms with Gasteiger partial charge in [0.2, 0.25) is 5.91 Å². The topological polar surface area (TPSA) is 78.4 Å². The molecular formula is C14H28N2O3. The number of amides is 1. The van der Waals surface area contributed by atoms with Gasteiger partial charge in [-0.25, -0.2) is 0 Å². The Balaban J connectivity index is 4.85. The van der Waals surface area contributed by atoms with Crippen LogP contribution in [-0.2, 0) is 9.59 Å². The molecule has 19 heavy (non-hydrogen) atoms. The van der Waals surface area contributed by atoms with Gasteiger partial charge >= 0.3 is 5.97 Å². The van der Waals surface area contributed by atoms with E-state index in [1.54, 1.807) is 34.6 Å². The lowest BCUT2D eigenvalue weighted by atomic mass is 9.74. The molecule has 0 heterocycles. The van der Waals surface area contributed by atoms with Crippen molar-refractivity contribution in [1.29, 1.82) is 0 Å². The maximum atomic E-state index is 12.0. The van der Waals surface area contributed by atoms with Gasteiger partial charge in [0.1, 0.15) is 0 Å². The number of aliphatic carboxylic acids is 1. The standard InChI is InChI=1S/C14H28N2O3/c1-9(10(17)16-12(2,3)4)15-14(7,8)13(5,6)11(18)19/h9,15H,1-8H3,(H,16,17)(H,18,19). The number of carbonyl (C=O) groups is 2. The summed E-state index contributed by atoms with van der Waals surface area (Å²) < 4.78 is 0. The predicted octanol–water partition coefficient (Wildman–Crippen LogP) is 1.77. The summed E-state index contributed by atoms with van der Waals surface area (Å²) in [6, 6.07) is -0.465. The van der Waals surface area contributed by atoms with Crippen molar-refractivity contribution in [2.24, 2.45) is 5.41 Å². The van der Waals surface area contributed by atoms with Crippen LogP contribution in [0, 0.1) is 5.41 Å². The summed E-state index contributed by atoms with van der Waals surface area (Å²) in [4.78, 5) is 23.3. The molecule has 0 rings (SSSR count). The predicted molar refractivity (Wildman–Crippen MR) is 76.0 cm³/mol. The van der Waals surface area contributed by atoms with Crippen LogP contribution in [0.3, 0.4) is 0 Å². The Morgan fingerprint density at radius 1 is 1.00 bits per heavy atom. The summed E-state index contributed by atoms with van der Waals surface area (Å²) in [5.41, 5.74) is -2.00. The first-order chi connectivity index (χ1) is 8.21. The van der Waals surface area contributed by atoms with Gasteiger partial charge in [0, 0.05) is 11.1 Å². The summed E-state index contributed by atoms with van der Waals surface area (Å²) in [6.07, 6.45) is 0. The maximum Gasteiger partial charge on any atom is 0.310 e. The highest BCUT2D eigenvalue weighted by Gasteiger charge is 2.44. The van der Waals surface area contributed by atoms with Crippen LogP contribution in [0.1, 0.15) is 55.4 Å². The molecule has 0 aliphatic heterocycles. The van der Waals surface area contributed by atoms with Crippen LogP contribution in [0.15, 0.2) is 0 Å². The lowest BCUT2D eigenvalue weighted by molar-refractivity contribution is -0.151. The van der Waals surface area contributed by atoms with Gasteiger partial charge in [-0.15, -0.1) is 0 Å². The van der Waals surface area contributed by atoms with Gasteiger partial charge in [0.15, 0.2) is 0 Å². The zero-order valence-electron chi connectivity index (χ0n) is 13.3. The number of carbonyl (C=O) groups excluding carboxylic acids is 1. The molecule has 0 aromatic rings. The largest absolute Gasteiger partial charge is 0.481 e. The number of hydrogen-bond acceptors (Lipinski definition) is 3. The molecule has 0 bridgehead atoms. The van der Waals surface area contributed by atoms with Crippen LogP contribution in [-0.4, -0.2) is 34.1 Å². The summed E-state index contributed by atoms with van der Waals surface area (Å²) in [6.45, 7) is 14.3. The average Bonchev–Trinajstić information content (AvgIpc) is 2.13. The SMILES string of the molecule is CC(NC(C)(C)C(C)(C)C(=O)O)C(=O)NC(C)(C)C. The van der Waals surface area contributed by atoms with Crippen LogP contribution >= 0.6 is 0 Å². The van der Waals surface area contributed by atoms with E-state index >= 15 is 0 Å². The highest BCUT2D eigenvalue weighted by molar-refractivity contribution is 5.82. The second-order valence-corrected chi connectivity index (χ2v) is 7.16. The van der Waals surface area contributed by atoms with E-state index in [4.69, 9.17) is 0 Å². The molecule has 112 valence electrons. The second kappa shape index (κ2) is 5.49. The van der Waals surface area contributed by atoms with Crippen LogP contribution in [0.4, 0.5) is 0 Å². The van der Waals surface area contributed by atoms with Crippen LogP contribution in [0.2, 0.25) is 0 Å². The minimum Gasteiger partial charge on any atom is -0.481 e. The van der Waals surface area contributed by atoms with E-state index in [9.17, 15) is 14.7 Å². The molecule has 5 nitrogen and oxygen atoms in total.